The highest BCUT2D eigenvalue weighted by Gasteiger charge is 2.06. The van der Waals surface area contributed by atoms with Gasteiger partial charge in [0.1, 0.15) is 23.9 Å². The number of allylic oxidation sites excluding steroid dienone is 1. The molecule has 3 aromatic rings. The van der Waals surface area contributed by atoms with Crippen molar-refractivity contribution in [1.29, 1.82) is 0 Å². The fourth-order valence-electron chi connectivity index (χ4n) is 2.09. The fraction of sp³-hybridized carbons (Fsp3) is 0.111. The Morgan fingerprint density at radius 2 is 2.12 bits per heavy atom. The van der Waals surface area contributed by atoms with Crippen LogP contribution in [0.5, 0.6) is 5.75 Å². The maximum atomic E-state index is 12.0. The Morgan fingerprint density at radius 1 is 1.28 bits per heavy atom. The van der Waals surface area contributed by atoms with Crippen molar-refractivity contribution in [3.05, 3.63) is 75.9 Å². The summed E-state index contributed by atoms with van der Waals surface area (Å²) in [6.07, 6.45) is 6.23. The Morgan fingerprint density at radius 3 is 2.84 bits per heavy atom. The van der Waals surface area contributed by atoms with E-state index in [-0.39, 0.29) is 12.4 Å². The lowest BCUT2D eigenvalue weighted by molar-refractivity contribution is 0.104. The molecule has 0 fully saturated rings. The lowest BCUT2D eigenvalue weighted by Crippen LogP contribution is -1.93. The van der Waals surface area contributed by atoms with Crippen molar-refractivity contribution < 1.29 is 13.9 Å². The Bertz CT molecular complexity index is 928. The molecule has 0 amide bonds. The molecular formula is C18H14Cl2N2O3. The minimum Gasteiger partial charge on any atom is -0.486 e. The molecule has 0 saturated heterocycles. The third-order valence-corrected chi connectivity index (χ3v) is 4.08. The molecule has 0 bridgehead atoms. The van der Waals surface area contributed by atoms with E-state index in [0.29, 0.717) is 32.9 Å². The van der Waals surface area contributed by atoms with Crippen molar-refractivity contribution >= 4 is 35.1 Å². The number of halogens is 2. The average molecular weight is 377 g/mol. The van der Waals surface area contributed by atoms with E-state index in [1.165, 1.54) is 12.3 Å². The van der Waals surface area contributed by atoms with Gasteiger partial charge in [0.25, 0.3) is 0 Å². The Labute approximate surface area is 154 Å². The highest BCUT2D eigenvalue weighted by Crippen LogP contribution is 2.27. The highest BCUT2D eigenvalue weighted by molar-refractivity contribution is 6.42. The second-order valence-corrected chi connectivity index (χ2v) is 6.08. The summed E-state index contributed by atoms with van der Waals surface area (Å²) in [7, 11) is 1.76. The first-order valence-electron chi connectivity index (χ1n) is 7.39. The van der Waals surface area contributed by atoms with Gasteiger partial charge >= 0.3 is 0 Å². The van der Waals surface area contributed by atoms with Gasteiger partial charge in [-0.05, 0) is 36.4 Å². The summed E-state index contributed by atoms with van der Waals surface area (Å²) in [5.41, 5.74) is 0.522. The van der Waals surface area contributed by atoms with E-state index in [1.54, 1.807) is 54.3 Å². The van der Waals surface area contributed by atoms with Crippen LogP contribution in [0, 0.1) is 0 Å². The standard InChI is InChI=1S/C18H14Cl2N2O3/c1-22-10-12(9-21-22)18(23)7-5-13-2-3-15(25-13)11-24-14-4-6-16(19)17(20)8-14/h2-10H,11H2,1H3/b7-5+. The molecule has 0 atom stereocenters. The maximum absolute atomic E-state index is 12.0. The molecule has 7 heteroatoms. The van der Waals surface area contributed by atoms with E-state index < -0.39 is 0 Å². The summed E-state index contributed by atoms with van der Waals surface area (Å²) in [6, 6.07) is 8.58. The lowest BCUT2D eigenvalue weighted by Gasteiger charge is -2.05. The van der Waals surface area contributed by atoms with Crippen molar-refractivity contribution in [3.8, 4) is 5.75 Å². The van der Waals surface area contributed by atoms with Gasteiger partial charge in [-0.25, -0.2) is 0 Å². The van der Waals surface area contributed by atoms with Gasteiger partial charge in [0.05, 0.1) is 21.8 Å². The first-order chi connectivity index (χ1) is 12.0. The smallest absolute Gasteiger partial charge is 0.189 e. The van der Waals surface area contributed by atoms with Gasteiger partial charge in [-0.15, -0.1) is 0 Å². The molecule has 5 nitrogen and oxygen atoms in total. The molecule has 0 radical (unpaired) electrons. The zero-order chi connectivity index (χ0) is 17.8. The predicted octanol–water partition coefficient (Wildman–Crippen LogP) is 4.80. The van der Waals surface area contributed by atoms with Crippen molar-refractivity contribution in [1.82, 2.24) is 9.78 Å². The number of carbonyl (C=O) groups is 1. The first-order valence-corrected chi connectivity index (χ1v) is 8.14. The topological polar surface area (TPSA) is 57.3 Å². The number of ketones is 1. The number of nitrogens with zero attached hydrogens (tertiary/aromatic N) is 2. The maximum Gasteiger partial charge on any atom is 0.189 e. The number of furan rings is 1. The van der Waals surface area contributed by atoms with E-state index in [1.807, 2.05) is 0 Å². The molecule has 0 spiro atoms. The summed E-state index contributed by atoms with van der Waals surface area (Å²) in [5, 5.41) is 4.86. The van der Waals surface area contributed by atoms with E-state index in [0.717, 1.165) is 0 Å². The number of aromatic nitrogens is 2. The predicted molar refractivity (Wildman–Crippen MR) is 96.1 cm³/mol. The number of ether oxygens (including phenoxy) is 1. The first kappa shape index (κ1) is 17.3. The summed E-state index contributed by atoms with van der Waals surface area (Å²) < 4.78 is 12.8. The Kier molecular flexibility index (Phi) is 5.26. The van der Waals surface area contributed by atoms with Crippen LogP contribution in [0.25, 0.3) is 6.08 Å². The van der Waals surface area contributed by atoms with Gasteiger partial charge < -0.3 is 9.15 Å². The highest BCUT2D eigenvalue weighted by atomic mass is 35.5. The molecule has 3 rings (SSSR count). The van der Waals surface area contributed by atoms with Crippen LogP contribution in [0.2, 0.25) is 10.0 Å². The number of hydrogen-bond acceptors (Lipinski definition) is 4. The minimum absolute atomic E-state index is 0.141. The number of benzene rings is 1. The van der Waals surface area contributed by atoms with Crippen LogP contribution in [0.15, 0.2) is 53.2 Å². The van der Waals surface area contributed by atoms with E-state index in [4.69, 9.17) is 32.4 Å². The molecule has 0 aliphatic rings. The molecule has 1 aromatic carbocycles. The van der Waals surface area contributed by atoms with Gasteiger partial charge in [-0.3, -0.25) is 9.48 Å². The largest absolute Gasteiger partial charge is 0.486 e. The van der Waals surface area contributed by atoms with Gasteiger partial charge in [-0.2, -0.15) is 5.10 Å². The summed E-state index contributed by atoms with van der Waals surface area (Å²) in [5.74, 6) is 1.64. The molecular weight excluding hydrogens is 363 g/mol. The van der Waals surface area contributed by atoms with E-state index >= 15 is 0 Å². The molecule has 0 unspecified atom stereocenters. The number of aryl methyl sites for hydroxylation is 1. The molecule has 2 heterocycles. The minimum atomic E-state index is -0.141. The van der Waals surface area contributed by atoms with Crippen LogP contribution in [-0.4, -0.2) is 15.6 Å². The van der Waals surface area contributed by atoms with Crippen molar-refractivity contribution in [2.75, 3.05) is 0 Å². The molecule has 25 heavy (non-hydrogen) atoms. The van der Waals surface area contributed by atoms with Gasteiger partial charge in [0.15, 0.2) is 5.78 Å². The lowest BCUT2D eigenvalue weighted by atomic mass is 10.2. The van der Waals surface area contributed by atoms with Crippen LogP contribution in [0.3, 0.4) is 0 Å². The number of rotatable bonds is 6. The van der Waals surface area contributed by atoms with Crippen molar-refractivity contribution in [3.63, 3.8) is 0 Å². The van der Waals surface area contributed by atoms with Crippen LogP contribution < -0.4 is 4.74 Å². The van der Waals surface area contributed by atoms with Gasteiger partial charge in [0.2, 0.25) is 0 Å². The van der Waals surface area contributed by atoms with Gasteiger partial charge in [0, 0.05) is 19.3 Å². The molecule has 0 N–H and O–H groups in total. The molecule has 128 valence electrons. The Balaban J connectivity index is 1.59. The normalized spacial score (nSPS) is 11.2. The monoisotopic (exact) mass is 376 g/mol. The van der Waals surface area contributed by atoms with Crippen LogP contribution in [0.1, 0.15) is 21.9 Å². The van der Waals surface area contributed by atoms with Crippen molar-refractivity contribution in [2.45, 2.75) is 6.61 Å². The third kappa shape index (κ3) is 4.53. The van der Waals surface area contributed by atoms with E-state index in [2.05, 4.69) is 5.10 Å². The Hall–Kier alpha value is -2.50. The zero-order valence-electron chi connectivity index (χ0n) is 13.3. The summed E-state index contributed by atoms with van der Waals surface area (Å²) >= 11 is 11.8. The molecule has 0 aliphatic carbocycles. The van der Waals surface area contributed by atoms with E-state index in [9.17, 15) is 4.79 Å². The van der Waals surface area contributed by atoms with Crippen LogP contribution >= 0.6 is 23.2 Å². The fourth-order valence-corrected chi connectivity index (χ4v) is 2.37. The SMILES string of the molecule is Cn1cc(C(=O)/C=C/c2ccc(COc3ccc(Cl)c(Cl)c3)o2)cn1. The third-order valence-electron chi connectivity index (χ3n) is 3.34. The van der Waals surface area contributed by atoms with Crippen LogP contribution in [0.4, 0.5) is 0 Å². The second-order valence-electron chi connectivity index (χ2n) is 5.27. The molecule has 0 aliphatic heterocycles. The second kappa shape index (κ2) is 7.59. The number of hydrogen-bond donors (Lipinski definition) is 0. The zero-order valence-corrected chi connectivity index (χ0v) is 14.8. The molecule has 0 saturated carbocycles. The summed E-state index contributed by atoms with van der Waals surface area (Å²) in [4.78, 5) is 12.0. The van der Waals surface area contributed by atoms with Crippen molar-refractivity contribution in [2.24, 2.45) is 7.05 Å². The summed E-state index contributed by atoms with van der Waals surface area (Å²) in [6.45, 7) is 0.238. The average Bonchev–Trinajstić information content (AvgIpc) is 3.23. The van der Waals surface area contributed by atoms with Gasteiger partial charge in [-0.1, -0.05) is 23.2 Å². The number of carbonyl (C=O) groups excluding carboxylic acids is 1. The quantitative estimate of drug-likeness (QED) is 0.458. The molecule has 2 aromatic heterocycles. The van der Waals surface area contributed by atoms with Crippen LogP contribution in [-0.2, 0) is 13.7 Å².